The third kappa shape index (κ3) is 4.40. The van der Waals surface area contributed by atoms with E-state index in [0.717, 1.165) is 56.9 Å². The van der Waals surface area contributed by atoms with E-state index in [1.807, 2.05) is 12.1 Å². The molecule has 2 aromatic rings. The third-order valence-electron chi connectivity index (χ3n) is 8.45. The Hall–Kier alpha value is -2.26. The van der Waals surface area contributed by atoms with Crippen LogP contribution in [0.1, 0.15) is 82.4 Å². The summed E-state index contributed by atoms with van der Waals surface area (Å²) in [6.07, 6.45) is 2.94. The number of nitriles is 1. The van der Waals surface area contributed by atoms with E-state index in [9.17, 15) is 18.4 Å². The highest BCUT2D eigenvalue weighted by molar-refractivity contribution is 5.89. The molecule has 3 unspecified atom stereocenters. The minimum Gasteiger partial charge on any atom is -0.490 e. The molecular weight excluding hydrogens is 437 g/mol. The van der Waals surface area contributed by atoms with Gasteiger partial charge in [-0.2, -0.15) is 18.4 Å². The molecule has 5 rings (SSSR count). The summed E-state index contributed by atoms with van der Waals surface area (Å²) in [5.74, 6) is 0.689. The van der Waals surface area contributed by atoms with E-state index in [1.165, 1.54) is 6.07 Å². The van der Waals surface area contributed by atoms with Crippen molar-refractivity contribution in [1.82, 2.24) is 4.90 Å². The number of hydrogen-bond acceptors (Lipinski definition) is 3. The minimum atomic E-state index is -4.48. The number of ether oxygens (including phenoxy) is 1. The highest BCUT2D eigenvalue weighted by Crippen LogP contribution is 2.46. The molecule has 2 aliphatic heterocycles. The molecule has 34 heavy (non-hydrogen) atoms. The van der Waals surface area contributed by atoms with Gasteiger partial charge in [0.15, 0.2) is 0 Å². The van der Waals surface area contributed by atoms with Crippen LogP contribution in [-0.2, 0) is 6.18 Å². The first-order valence-electron chi connectivity index (χ1n) is 12.7. The predicted molar refractivity (Wildman–Crippen MR) is 126 cm³/mol. The zero-order valence-corrected chi connectivity index (χ0v) is 19.9. The van der Waals surface area contributed by atoms with Crippen molar-refractivity contribution in [3.8, 4) is 11.8 Å². The topological polar surface area (TPSA) is 36.3 Å². The van der Waals surface area contributed by atoms with E-state index in [-0.39, 0.29) is 29.2 Å². The van der Waals surface area contributed by atoms with E-state index < -0.39 is 11.7 Å². The fraction of sp³-hybridized carbons (Fsp3) is 0.607. The molecule has 3 fully saturated rings. The quantitative estimate of drug-likeness (QED) is 0.461. The molecule has 2 heterocycles. The molecule has 2 saturated heterocycles. The molecule has 3 nitrogen and oxygen atoms in total. The van der Waals surface area contributed by atoms with Crippen LogP contribution < -0.4 is 4.74 Å². The van der Waals surface area contributed by atoms with E-state index in [1.54, 1.807) is 12.1 Å². The molecule has 182 valence electrons. The maximum absolute atomic E-state index is 14.2. The van der Waals surface area contributed by atoms with E-state index in [4.69, 9.17) is 4.74 Å². The van der Waals surface area contributed by atoms with Crippen molar-refractivity contribution in [2.45, 2.75) is 95.6 Å². The van der Waals surface area contributed by atoms with Gasteiger partial charge in [0, 0.05) is 24.0 Å². The molecular formula is C28H33F3N2O. The first kappa shape index (κ1) is 23.5. The molecule has 6 heteroatoms. The molecule has 0 amide bonds. The normalized spacial score (nSPS) is 30.8. The first-order chi connectivity index (χ1) is 16.2. The van der Waals surface area contributed by atoms with Gasteiger partial charge in [-0.1, -0.05) is 25.1 Å². The fourth-order valence-corrected chi connectivity index (χ4v) is 6.63. The molecule has 0 radical (unpaired) electrons. The van der Waals surface area contributed by atoms with Crippen LogP contribution in [0.3, 0.4) is 0 Å². The van der Waals surface area contributed by atoms with Crippen molar-refractivity contribution in [2.24, 2.45) is 11.8 Å². The largest absolute Gasteiger partial charge is 0.490 e. The lowest BCUT2D eigenvalue weighted by molar-refractivity contribution is -0.138. The Morgan fingerprint density at radius 2 is 1.68 bits per heavy atom. The van der Waals surface area contributed by atoms with Crippen LogP contribution in [0.25, 0.3) is 10.8 Å². The number of halogens is 3. The smallest absolute Gasteiger partial charge is 0.420 e. The Morgan fingerprint density at radius 1 is 1.00 bits per heavy atom. The van der Waals surface area contributed by atoms with Crippen molar-refractivity contribution in [1.29, 1.82) is 5.26 Å². The van der Waals surface area contributed by atoms with E-state index in [2.05, 4.69) is 24.8 Å². The molecule has 1 aliphatic carbocycles. The Morgan fingerprint density at radius 3 is 2.29 bits per heavy atom. The van der Waals surface area contributed by atoms with Crippen LogP contribution in [0.4, 0.5) is 13.2 Å². The number of fused-ring (bicyclic) bond motifs is 3. The van der Waals surface area contributed by atoms with Crippen LogP contribution in [0, 0.1) is 23.2 Å². The number of rotatable bonds is 4. The predicted octanol–water partition coefficient (Wildman–Crippen LogP) is 7.64. The standard InChI is InChI=1S/C28H33F3N2O/c1-17-3-9-24(10-4-17)34-26-12-6-21-15-20(5-11-25(21)27(26)28(29,30)31)18(2)33-22-7-8-23(33)14-19(13-22)16-32/h5-6,11-12,15,17-19,22-24H,3-4,7-10,13-14H2,1-2H3/t17-,18?,19?,22?,23?,24+. The number of hydrogen-bond donors (Lipinski definition) is 0. The zero-order chi connectivity index (χ0) is 24.0. The lowest BCUT2D eigenvalue weighted by Crippen LogP contribution is -2.43. The summed E-state index contributed by atoms with van der Waals surface area (Å²) in [5, 5.41) is 10.2. The summed E-state index contributed by atoms with van der Waals surface area (Å²) in [6.45, 7) is 4.33. The average Bonchev–Trinajstić information content (AvgIpc) is 3.07. The lowest BCUT2D eigenvalue weighted by atomic mass is 9.88. The third-order valence-corrected chi connectivity index (χ3v) is 8.45. The van der Waals surface area contributed by atoms with E-state index in [0.29, 0.717) is 23.4 Å². The van der Waals surface area contributed by atoms with Crippen molar-refractivity contribution in [2.75, 3.05) is 0 Å². The van der Waals surface area contributed by atoms with Crippen molar-refractivity contribution >= 4 is 10.8 Å². The maximum Gasteiger partial charge on any atom is 0.420 e. The van der Waals surface area contributed by atoms with Gasteiger partial charge in [0.05, 0.1) is 12.2 Å². The van der Waals surface area contributed by atoms with Gasteiger partial charge in [-0.3, -0.25) is 4.90 Å². The Balaban J connectivity index is 1.44. The van der Waals surface area contributed by atoms with E-state index >= 15 is 0 Å². The first-order valence-corrected chi connectivity index (χ1v) is 12.7. The fourth-order valence-electron chi connectivity index (χ4n) is 6.63. The van der Waals surface area contributed by atoms with Crippen LogP contribution in [0.15, 0.2) is 30.3 Å². The summed E-state index contributed by atoms with van der Waals surface area (Å²) in [6, 6.07) is 12.0. The molecule has 3 aliphatic rings. The summed E-state index contributed by atoms with van der Waals surface area (Å²) in [5.41, 5.74) is 0.376. The van der Waals surface area contributed by atoms with Gasteiger partial charge in [0.25, 0.3) is 0 Å². The van der Waals surface area contributed by atoms with Gasteiger partial charge in [-0.25, -0.2) is 0 Å². The van der Waals surface area contributed by atoms with Gasteiger partial charge in [-0.15, -0.1) is 0 Å². The number of piperidine rings is 1. The summed E-state index contributed by atoms with van der Waals surface area (Å²) >= 11 is 0. The maximum atomic E-state index is 14.2. The zero-order valence-electron chi connectivity index (χ0n) is 19.9. The second-order valence-corrected chi connectivity index (χ2v) is 10.7. The number of nitrogens with zero attached hydrogens (tertiary/aromatic N) is 2. The second-order valence-electron chi connectivity index (χ2n) is 10.7. The number of benzene rings is 2. The minimum absolute atomic E-state index is 0.0445. The summed E-state index contributed by atoms with van der Waals surface area (Å²) < 4.78 is 48.6. The van der Waals surface area contributed by atoms with Gasteiger partial charge in [0.1, 0.15) is 11.3 Å². The average molecular weight is 471 g/mol. The molecule has 0 spiro atoms. The molecule has 1 saturated carbocycles. The number of alkyl halides is 3. The van der Waals surface area contributed by atoms with Crippen molar-refractivity contribution < 1.29 is 17.9 Å². The molecule has 0 aromatic heterocycles. The molecule has 2 aromatic carbocycles. The van der Waals surface area contributed by atoms with Crippen LogP contribution in [0.5, 0.6) is 5.75 Å². The monoisotopic (exact) mass is 470 g/mol. The highest BCUT2D eigenvalue weighted by Gasteiger charge is 2.43. The van der Waals surface area contributed by atoms with Crippen LogP contribution in [-0.4, -0.2) is 23.1 Å². The van der Waals surface area contributed by atoms with Gasteiger partial charge in [-0.05, 0) is 92.7 Å². The van der Waals surface area contributed by atoms with Crippen LogP contribution in [0.2, 0.25) is 0 Å². The second kappa shape index (κ2) is 9.07. The Bertz CT molecular complexity index is 1070. The Kier molecular flexibility index (Phi) is 6.27. The van der Waals surface area contributed by atoms with Gasteiger partial charge < -0.3 is 4.74 Å². The van der Waals surface area contributed by atoms with Crippen molar-refractivity contribution in [3.63, 3.8) is 0 Å². The SMILES string of the molecule is CC(c1ccc2c(C(F)(F)F)c(O[C@H]3CC[C@@H](C)CC3)ccc2c1)N1C2CCC1CC(C#N)C2. The molecule has 3 atom stereocenters. The van der Waals surface area contributed by atoms with Gasteiger partial charge in [0.2, 0.25) is 0 Å². The summed E-state index contributed by atoms with van der Waals surface area (Å²) in [7, 11) is 0. The Labute approximate surface area is 199 Å². The molecule has 0 N–H and O–H groups in total. The van der Waals surface area contributed by atoms with Gasteiger partial charge >= 0.3 is 6.18 Å². The lowest BCUT2D eigenvalue weighted by Gasteiger charge is -2.41. The highest BCUT2D eigenvalue weighted by atomic mass is 19.4. The summed E-state index contributed by atoms with van der Waals surface area (Å²) in [4.78, 5) is 2.50. The van der Waals surface area contributed by atoms with Crippen LogP contribution >= 0.6 is 0 Å². The molecule has 2 bridgehead atoms. The van der Waals surface area contributed by atoms with Crippen molar-refractivity contribution in [3.05, 3.63) is 41.5 Å².